The van der Waals surface area contributed by atoms with Gasteiger partial charge in [-0.3, -0.25) is 10.7 Å². The molecule has 11 heteroatoms. The molecule has 1 aliphatic heterocycles. The number of anilines is 1. The van der Waals surface area contributed by atoms with Gasteiger partial charge >= 0.3 is 6.09 Å². The summed E-state index contributed by atoms with van der Waals surface area (Å²) in [7, 11) is 1.44. The van der Waals surface area contributed by atoms with Crippen molar-refractivity contribution in [2.24, 2.45) is 10.9 Å². The van der Waals surface area contributed by atoms with Crippen molar-refractivity contribution in [3.05, 3.63) is 47.7 Å². The molecule has 1 amide bonds. The summed E-state index contributed by atoms with van der Waals surface area (Å²) in [5.41, 5.74) is 6.21. The molecule has 2 heterocycles. The summed E-state index contributed by atoms with van der Waals surface area (Å²) in [6.07, 6.45) is 0.389. The summed E-state index contributed by atoms with van der Waals surface area (Å²) in [4.78, 5) is 21.8. The first-order valence-electron chi connectivity index (χ1n) is 8.44. The number of benzene rings is 1. The first-order chi connectivity index (χ1) is 13.9. The second-order valence-electron chi connectivity index (χ2n) is 6.12. The number of hydrogen-bond acceptors (Lipinski definition) is 7. The van der Waals surface area contributed by atoms with Crippen LogP contribution in [0.5, 0.6) is 0 Å². The van der Waals surface area contributed by atoms with Gasteiger partial charge in [0.15, 0.2) is 17.6 Å². The highest BCUT2D eigenvalue weighted by atomic mass is 19.1. The van der Waals surface area contributed by atoms with Crippen LogP contribution in [0.4, 0.5) is 19.4 Å². The summed E-state index contributed by atoms with van der Waals surface area (Å²) >= 11 is 0. The molecule has 1 aromatic heterocycles. The third kappa shape index (κ3) is 4.57. The van der Waals surface area contributed by atoms with E-state index >= 15 is 0 Å². The van der Waals surface area contributed by atoms with Gasteiger partial charge in [0, 0.05) is 22.9 Å². The quantitative estimate of drug-likeness (QED) is 0.397. The first kappa shape index (κ1) is 20.0. The number of carbonyl (C=O) groups excluding carboxylic acids is 1. The van der Waals surface area contributed by atoms with Gasteiger partial charge in [0.1, 0.15) is 19.5 Å². The average Bonchev–Trinajstić information content (AvgIpc) is 2.63. The number of pyridine rings is 1. The van der Waals surface area contributed by atoms with Crippen LogP contribution >= 0.6 is 0 Å². The lowest BCUT2D eigenvalue weighted by Crippen LogP contribution is -2.48. The predicted molar refractivity (Wildman–Crippen MR) is 101 cm³/mol. The van der Waals surface area contributed by atoms with E-state index in [9.17, 15) is 13.6 Å². The number of nitrogens with two attached hydrogens (primary N) is 1. The third-order valence-electron chi connectivity index (χ3n) is 4.07. The molecule has 2 aromatic rings. The lowest BCUT2D eigenvalue weighted by molar-refractivity contribution is 0.143. The Hall–Kier alpha value is -3.76. The van der Waals surface area contributed by atoms with Crippen molar-refractivity contribution in [3.63, 3.8) is 0 Å². The molecule has 0 spiro atoms. The minimum atomic E-state index is -0.981. The van der Waals surface area contributed by atoms with Crippen LogP contribution in [0.15, 0.2) is 35.6 Å². The first-order valence-corrected chi connectivity index (χ1v) is 8.44. The van der Waals surface area contributed by atoms with Gasteiger partial charge in [-0.05, 0) is 6.07 Å². The maximum absolute atomic E-state index is 14.8. The largest absolute Gasteiger partial charge is 0.444 e. The fourth-order valence-electron chi connectivity index (χ4n) is 2.75. The van der Waals surface area contributed by atoms with Gasteiger partial charge in [-0.25, -0.2) is 18.6 Å². The van der Waals surface area contributed by atoms with Crippen LogP contribution in [0.25, 0.3) is 11.1 Å². The van der Waals surface area contributed by atoms with Crippen LogP contribution < -0.4 is 16.0 Å². The van der Waals surface area contributed by atoms with Gasteiger partial charge in [0.05, 0.1) is 18.8 Å². The second kappa shape index (κ2) is 8.50. The molecule has 1 fully saturated rings. The van der Waals surface area contributed by atoms with Crippen molar-refractivity contribution in [1.29, 1.82) is 5.41 Å². The van der Waals surface area contributed by atoms with E-state index < -0.39 is 23.7 Å². The van der Waals surface area contributed by atoms with Crippen molar-refractivity contribution in [3.8, 4) is 11.1 Å². The smallest absolute Gasteiger partial charge is 0.414 e. The Labute approximate surface area is 164 Å². The highest BCUT2D eigenvalue weighted by molar-refractivity contribution is 5.99. The number of rotatable bonds is 5. The number of guanidine groups is 1. The van der Waals surface area contributed by atoms with Gasteiger partial charge in [0.2, 0.25) is 0 Å². The Morgan fingerprint density at radius 3 is 2.83 bits per heavy atom. The average molecular weight is 404 g/mol. The van der Waals surface area contributed by atoms with Crippen molar-refractivity contribution < 1.29 is 23.1 Å². The number of alkyl carbamates (subject to hydrolysis) is 1. The SMILES string of the molecule is CON=C1CN(c2ncc(-c3cccc(COC(=O)NC(=N)N)c3F)cc2F)C1. The zero-order valence-electron chi connectivity index (χ0n) is 15.4. The number of oxime groups is 1. The molecule has 1 aromatic carbocycles. The zero-order valence-corrected chi connectivity index (χ0v) is 15.4. The molecule has 0 bridgehead atoms. The molecular formula is C18H18F2N6O3. The summed E-state index contributed by atoms with van der Waals surface area (Å²) in [6, 6.07) is 5.64. The molecule has 0 saturated carbocycles. The summed E-state index contributed by atoms with van der Waals surface area (Å²) in [5.74, 6) is -1.71. The topological polar surface area (TPSA) is 126 Å². The zero-order chi connectivity index (χ0) is 21.0. The molecule has 152 valence electrons. The number of halogens is 2. The molecule has 0 aliphatic carbocycles. The molecule has 4 N–H and O–H groups in total. The number of hydrogen-bond donors (Lipinski definition) is 3. The van der Waals surface area contributed by atoms with Gasteiger partial charge in [0.25, 0.3) is 0 Å². The minimum Gasteiger partial charge on any atom is -0.444 e. The highest BCUT2D eigenvalue weighted by Crippen LogP contribution is 2.29. The fourth-order valence-corrected chi connectivity index (χ4v) is 2.75. The van der Waals surface area contributed by atoms with E-state index in [2.05, 4.69) is 15.0 Å². The standard InChI is InChI=1S/C18H18F2N6O3/c1-28-25-12-7-26(8-12)16-14(19)5-11(6-23-16)13-4-2-3-10(15(13)20)9-29-18(27)24-17(21)22/h2-6H,7-9H2,1H3,(H4,21,22,24,27). The monoisotopic (exact) mass is 404 g/mol. The normalized spacial score (nSPS) is 12.8. The van der Waals surface area contributed by atoms with Crippen molar-refractivity contribution in [2.45, 2.75) is 6.61 Å². The number of aromatic nitrogens is 1. The molecule has 29 heavy (non-hydrogen) atoms. The van der Waals surface area contributed by atoms with E-state index in [1.54, 1.807) is 11.0 Å². The molecule has 9 nitrogen and oxygen atoms in total. The molecule has 1 saturated heterocycles. The maximum Gasteiger partial charge on any atom is 0.414 e. The van der Waals surface area contributed by atoms with E-state index in [4.69, 9.17) is 15.9 Å². The van der Waals surface area contributed by atoms with E-state index in [0.29, 0.717) is 13.1 Å². The highest BCUT2D eigenvalue weighted by Gasteiger charge is 2.26. The number of ether oxygens (including phenoxy) is 1. The Kier molecular flexibility index (Phi) is 5.86. The Morgan fingerprint density at radius 2 is 2.17 bits per heavy atom. The van der Waals surface area contributed by atoms with E-state index in [0.717, 1.165) is 5.71 Å². The fraction of sp³-hybridized carbons (Fsp3) is 0.222. The Morgan fingerprint density at radius 1 is 1.41 bits per heavy atom. The van der Waals surface area contributed by atoms with Crippen LogP contribution in [-0.2, 0) is 16.2 Å². The predicted octanol–water partition coefficient (Wildman–Crippen LogP) is 1.97. The van der Waals surface area contributed by atoms with E-state index in [1.807, 2.05) is 5.32 Å². The molecule has 0 radical (unpaired) electrons. The van der Waals surface area contributed by atoms with Gasteiger partial charge in [-0.1, -0.05) is 23.4 Å². The van der Waals surface area contributed by atoms with Crippen LogP contribution in [0.1, 0.15) is 5.56 Å². The number of amides is 1. The van der Waals surface area contributed by atoms with Crippen LogP contribution in [0, 0.1) is 17.0 Å². The minimum absolute atomic E-state index is 0.0776. The number of nitrogens with zero attached hydrogens (tertiary/aromatic N) is 3. The van der Waals surface area contributed by atoms with E-state index in [-0.39, 0.29) is 29.1 Å². The summed E-state index contributed by atoms with van der Waals surface area (Å²) in [5, 5.41) is 12.7. The maximum atomic E-state index is 14.8. The van der Waals surface area contributed by atoms with Crippen molar-refractivity contribution >= 4 is 23.6 Å². The molecule has 0 atom stereocenters. The van der Waals surface area contributed by atoms with Crippen molar-refractivity contribution in [1.82, 2.24) is 10.3 Å². The van der Waals surface area contributed by atoms with Gasteiger partial charge < -0.3 is 20.2 Å². The summed E-state index contributed by atoms with van der Waals surface area (Å²) < 4.78 is 34.1. The van der Waals surface area contributed by atoms with Crippen LogP contribution in [0.3, 0.4) is 0 Å². The van der Waals surface area contributed by atoms with Crippen LogP contribution in [-0.4, -0.2) is 42.9 Å². The van der Waals surface area contributed by atoms with E-state index in [1.165, 1.54) is 31.5 Å². The third-order valence-corrected chi connectivity index (χ3v) is 4.07. The molecule has 3 rings (SSSR count). The lowest BCUT2D eigenvalue weighted by Gasteiger charge is -2.33. The number of carbonyl (C=O) groups is 1. The molecular weight excluding hydrogens is 386 g/mol. The molecule has 1 aliphatic rings. The van der Waals surface area contributed by atoms with Crippen LogP contribution in [0.2, 0.25) is 0 Å². The van der Waals surface area contributed by atoms with Gasteiger partial charge in [-0.15, -0.1) is 0 Å². The Balaban J connectivity index is 1.75. The van der Waals surface area contributed by atoms with Gasteiger partial charge in [-0.2, -0.15) is 0 Å². The second-order valence-corrected chi connectivity index (χ2v) is 6.12. The summed E-state index contributed by atoms with van der Waals surface area (Å²) in [6.45, 7) is 0.420. The number of nitrogens with one attached hydrogen (secondary N) is 2. The van der Waals surface area contributed by atoms with Crippen molar-refractivity contribution in [2.75, 3.05) is 25.1 Å². The Bertz CT molecular complexity index is 974. The lowest BCUT2D eigenvalue weighted by atomic mass is 10.0. The molecule has 0 unspecified atom stereocenters.